The molecular formula is C21H17N3O8. The van der Waals surface area contributed by atoms with Crippen molar-refractivity contribution in [3.63, 3.8) is 0 Å². The monoisotopic (exact) mass is 439 g/mol. The summed E-state index contributed by atoms with van der Waals surface area (Å²) in [6, 6.07) is 10.3. The molecule has 0 aliphatic carbocycles. The van der Waals surface area contributed by atoms with Gasteiger partial charge >= 0.3 is 5.97 Å². The van der Waals surface area contributed by atoms with E-state index in [1.165, 1.54) is 36.4 Å². The van der Waals surface area contributed by atoms with Gasteiger partial charge in [-0.3, -0.25) is 34.6 Å². The van der Waals surface area contributed by atoms with Gasteiger partial charge in [0.1, 0.15) is 0 Å². The largest absolute Gasteiger partial charge is 0.466 e. The van der Waals surface area contributed by atoms with Crippen molar-refractivity contribution in [3.05, 3.63) is 85.5 Å². The maximum atomic E-state index is 13.1. The standard InChI is InChI=1S/C21H17N3O8/c1-2-32-19(25)12-18-17(11-13-3-5-15(6-4-13)23(28)29)20(26)22(21(18)27)14-7-9-16(10-8-14)24(30)31/h3-10H,2,11-12H2,1H3. The van der Waals surface area contributed by atoms with Crippen LogP contribution >= 0.6 is 0 Å². The molecule has 2 aromatic carbocycles. The van der Waals surface area contributed by atoms with Gasteiger partial charge in [0.25, 0.3) is 23.2 Å². The van der Waals surface area contributed by atoms with Gasteiger partial charge in [0.05, 0.1) is 28.6 Å². The number of anilines is 1. The topological polar surface area (TPSA) is 150 Å². The van der Waals surface area contributed by atoms with Crippen molar-refractivity contribution >= 4 is 34.8 Å². The number of nitro groups is 2. The Balaban J connectivity index is 1.96. The molecule has 0 atom stereocenters. The van der Waals surface area contributed by atoms with E-state index >= 15 is 0 Å². The smallest absolute Gasteiger partial charge is 0.310 e. The molecule has 32 heavy (non-hydrogen) atoms. The highest BCUT2D eigenvalue weighted by Gasteiger charge is 2.40. The minimum absolute atomic E-state index is 0.0409. The molecule has 11 heteroatoms. The molecule has 0 aromatic heterocycles. The van der Waals surface area contributed by atoms with Crippen molar-refractivity contribution < 1.29 is 29.0 Å². The van der Waals surface area contributed by atoms with Gasteiger partial charge in [0, 0.05) is 41.8 Å². The maximum absolute atomic E-state index is 13.1. The van der Waals surface area contributed by atoms with E-state index in [0.29, 0.717) is 5.56 Å². The first-order chi connectivity index (χ1) is 15.2. The van der Waals surface area contributed by atoms with Gasteiger partial charge in [-0.25, -0.2) is 4.90 Å². The second-order valence-electron chi connectivity index (χ2n) is 6.76. The fourth-order valence-electron chi connectivity index (χ4n) is 3.24. The molecule has 0 N–H and O–H groups in total. The van der Waals surface area contributed by atoms with Crippen LogP contribution in [0, 0.1) is 20.2 Å². The number of carbonyl (C=O) groups excluding carboxylic acids is 3. The van der Waals surface area contributed by atoms with Crippen LogP contribution in [0.25, 0.3) is 0 Å². The lowest BCUT2D eigenvalue weighted by Crippen LogP contribution is -2.32. The van der Waals surface area contributed by atoms with Crippen molar-refractivity contribution in [2.75, 3.05) is 11.5 Å². The Morgan fingerprint density at radius 2 is 1.38 bits per heavy atom. The predicted molar refractivity (Wildman–Crippen MR) is 111 cm³/mol. The minimum Gasteiger partial charge on any atom is -0.466 e. The summed E-state index contributed by atoms with van der Waals surface area (Å²) < 4.78 is 4.91. The van der Waals surface area contributed by atoms with Crippen LogP contribution in [-0.2, 0) is 25.5 Å². The second-order valence-corrected chi connectivity index (χ2v) is 6.76. The lowest BCUT2D eigenvalue weighted by atomic mass is 9.99. The van der Waals surface area contributed by atoms with E-state index in [1.807, 2.05) is 0 Å². The highest BCUT2D eigenvalue weighted by Crippen LogP contribution is 2.32. The number of non-ortho nitro benzene ring substituents is 2. The number of rotatable bonds is 8. The summed E-state index contributed by atoms with van der Waals surface area (Å²) in [6.45, 7) is 1.70. The summed E-state index contributed by atoms with van der Waals surface area (Å²) in [5, 5.41) is 21.7. The van der Waals surface area contributed by atoms with Crippen LogP contribution in [0.15, 0.2) is 59.7 Å². The van der Waals surface area contributed by atoms with Gasteiger partial charge in [-0.1, -0.05) is 12.1 Å². The number of hydrogen-bond acceptors (Lipinski definition) is 8. The number of hydrogen-bond donors (Lipinski definition) is 0. The van der Waals surface area contributed by atoms with E-state index in [1.54, 1.807) is 6.92 Å². The van der Waals surface area contributed by atoms with Gasteiger partial charge in [-0.05, 0) is 24.6 Å². The minimum atomic E-state index is -0.728. The fourth-order valence-corrected chi connectivity index (χ4v) is 3.24. The number of benzene rings is 2. The van der Waals surface area contributed by atoms with Crippen LogP contribution in [0.2, 0.25) is 0 Å². The first kappa shape index (κ1) is 22.3. The Kier molecular flexibility index (Phi) is 6.38. The van der Waals surface area contributed by atoms with Crippen molar-refractivity contribution in [1.82, 2.24) is 0 Å². The maximum Gasteiger partial charge on any atom is 0.310 e. The number of imide groups is 1. The average molecular weight is 439 g/mol. The third kappa shape index (κ3) is 4.51. The van der Waals surface area contributed by atoms with E-state index in [-0.39, 0.29) is 41.2 Å². The summed E-state index contributed by atoms with van der Waals surface area (Å²) in [7, 11) is 0. The van der Waals surface area contributed by atoms with Crippen molar-refractivity contribution in [1.29, 1.82) is 0 Å². The third-order valence-corrected chi connectivity index (χ3v) is 4.76. The molecule has 0 spiro atoms. The molecule has 0 fully saturated rings. The summed E-state index contributed by atoms with van der Waals surface area (Å²) in [5.41, 5.74) is 0.305. The highest BCUT2D eigenvalue weighted by atomic mass is 16.6. The quantitative estimate of drug-likeness (QED) is 0.264. The molecule has 0 radical (unpaired) electrons. The molecule has 11 nitrogen and oxygen atoms in total. The van der Waals surface area contributed by atoms with E-state index < -0.39 is 34.1 Å². The first-order valence-corrected chi connectivity index (χ1v) is 9.47. The van der Waals surface area contributed by atoms with E-state index in [9.17, 15) is 34.6 Å². The molecule has 1 aliphatic rings. The van der Waals surface area contributed by atoms with Crippen LogP contribution in [-0.4, -0.2) is 34.2 Å². The number of carbonyl (C=O) groups is 3. The Morgan fingerprint density at radius 3 is 1.88 bits per heavy atom. The molecule has 0 bridgehead atoms. The molecule has 2 amide bonds. The lowest BCUT2D eigenvalue weighted by Gasteiger charge is -2.15. The zero-order valence-corrected chi connectivity index (χ0v) is 16.8. The summed E-state index contributed by atoms with van der Waals surface area (Å²) in [4.78, 5) is 59.6. The lowest BCUT2D eigenvalue weighted by molar-refractivity contribution is -0.385. The van der Waals surface area contributed by atoms with Crippen LogP contribution in [0.1, 0.15) is 18.9 Å². The molecule has 2 aromatic rings. The van der Waals surface area contributed by atoms with Crippen LogP contribution in [0.4, 0.5) is 17.1 Å². The SMILES string of the molecule is CCOC(=O)CC1=C(Cc2ccc([N+](=O)[O-])cc2)C(=O)N(c2ccc([N+](=O)[O-])cc2)C1=O. The van der Waals surface area contributed by atoms with E-state index in [4.69, 9.17) is 4.74 Å². The Hall–Kier alpha value is -4.41. The molecule has 0 unspecified atom stereocenters. The Morgan fingerprint density at radius 1 is 0.875 bits per heavy atom. The van der Waals surface area contributed by atoms with Gasteiger partial charge in [-0.15, -0.1) is 0 Å². The third-order valence-electron chi connectivity index (χ3n) is 4.76. The van der Waals surface area contributed by atoms with Crippen molar-refractivity contribution in [2.24, 2.45) is 0 Å². The molecule has 1 heterocycles. The molecule has 0 saturated carbocycles. The van der Waals surface area contributed by atoms with Crippen LogP contribution < -0.4 is 4.90 Å². The second kappa shape index (κ2) is 9.16. The fraction of sp³-hybridized carbons (Fsp3) is 0.190. The normalized spacial score (nSPS) is 13.5. The van der Waals surface area contributed by atoms with Gasteiger partial charge in [0.2, 0.25) is 0 Å². The zero-order valence-electron chi connectivity index (χ0n) is 16.8. The number of nitro benzene ring substituents is 2. The number of esters is 1. The Bertz CT molecular complexity index is 1140. The van der Waals surface area contributed by atoms with E-state index in [0.717, 1.165) is 17.0 Å². The first-order valence-electron chi connectivity index (χ1n) is 9.47. The number of ether oxygens (including phenoxy) is 1. The average Bonchev–Trinajstić information content (AvgIpc) is 2.98. The van der Waals surface area contributed by atoms with Crippen molar-refractivity contribution in [3.8, 4) is 0 Å². The molecule has 0 saturated heterocycles. The summed E-state index contributed by atoms with van der Waals surface area (Å²) in [6.07, 6.45) is -0.467. The van der Waals surface area contributed by atoms with Gasteiger partial charge in [-0.2, -0.15) is 0 Å². The van der Waals surface area contributed by atoms with Gasteiger partial charge < -0.3 is 4.74 Å². The Labute approximate surface area is 181 Å². The molecule has 164 valence electrons. The van der Waals surface area contributed by atoms with Crippen LogP contribution in [0.3, 0.4) is 0 Å². The van der Waals surface area contributed by atoms with Crippen LogP contribution in [0.5, 0.6) is 0 Å². The molecule has 3 rings (SSSR count). The summed E-state index contributed by atoms with van der Waals surface area (Å²) >= 11 is 0. The number of amides is 2. The highest BCUT2D eigenvalue weighted by molar-refractivity contribution is 6.33. The predicted octanol–water partition coefficient (Wildman–Crippen LogP) is 2.87. The number of nitrogens with zero attached hydrogens (tertiary/aromatic N) is 3. The molecule has 1 aliphatic heterocycles. The molecular weight excluding hydrogens is 422 g/mol. The van der Waals surface area contributed by atoms with Crippen molar-refractivity contribution in [2.45, 2.75) is 19.8 Å². The van der Waals surface area contributed by atoms with Gasteiger partial charge in [0.15, 0.2) is 0 Å². The van der Waals surface area contributed by atoms with E-state index in [2.05, 4.69) is 0 Å². The zero-order chi connectivity index (χ0) is 23.4. The summed E-state index contributed by atoms with van der Waals surface area (Å²) in [5.74, 6) is -2.09.